The lowest BCUT2D eigenvalue weighted by Gasteiger charge is -2.39. The van der Waals surface area contributed by atoms with Crippen molar-refractivity contribution in [2.45, 2.75) is 75.8 Å². The van der Waals surface area contributed by atoms with Crippen LogP contribution in [0.5, 0.6) is 0 Å². The van der Waals surface area contributed by atoms with E-state index in [-0.39, 0.29) is 47.9 Å². The number of nitrogens with one attached hydrogen (secondary N) is 3. The highest BCUT2D eigenvalue weighted by atomic mass is 35.5. The normalized spacial score (nSPS) is 26.3. The van der Waals surface area contributed by atoms with E-state index in [0.717, 1.165) is 53.2 Å². The van der Waals surface area contributed by atoms with E-state index in [9.17, 15) is 34.3 Å². The number of imide groups is 1. The van der Waals surface area contributed by atoms with Crippen LogP contribution < -0.4 is 16.0 Å². The van der Waals surface area contributed by atoms with Crippen LogP contribution in [0.3, 0.4) is 0 Å². The summed E-state index contributed by atoms with van der Waals surface area (Å²) in [6.45, 7) is 6.51. The summed E-state index contributed by atoms with van der Waals surface area (Å²) < 4.78 is 0. The molecule has 6 aliphatic rings. The van der Waals surface area contributed by atoms with Gasteiger partial charge in [0.15, 0.2) is 6.23 Å². The number of benzene rings is 2. The lowest BCUT2D eigenvalue weighted by molar-refractivity contribution is -0.139. The number of carbonyl (C=O) groups excluding carboxylic acids is 5. The largest absolute Gasteiger partial charge is 0.384 e. The first-order valence-corrected chi connectivity index (χ1v) is 20.2. The van der Waals surface area contributed by atoms with Crippen LogP contribution in [0.15, 0.2) is 60.3 Å². The van der Waals surface area contributed by atoms with Crippen molar-refractivity contribution in [3.63, 3.8) is 0 Å². The predicted octanol–water partition coefficient (Wildman–Crippen LogP) is 3.00. The summed E-state index contributed by atoms with van der Waals surface area (Å²) in [6, 6.07) is 12.6. The van der Waals surface area contributed by atoms with Gasteiger partial charge in [-0.3, -0.25) is 34.2 Å². The highest BCUT2D eigenvalue weighted by Crippen LogP contribution is 2.46. The number of piperidine rings is 2. The third-order valence-electron chi connectivity index (χ3n) is 12.5. The molecule has 57 heavy (non-hydrogen) atoms. The first-order valence-electron chi connectivity index (χ1n) is 19.8. The van der Waals surface area contributed by atoms with Gasteiger partial charge in [0, 0.05) is 86.4 Å². The zero-order chi connectivity index (χ0) is 40.0. The molecule has 5 amide bonds. The molecule has 3 saturated heterocycles. The molecular weight excluding hydrogens is 748 g/mol. The molecule has 0 saturated carbocycles. The third-order valence-corrected chi connectivity index (χ3v) is 12.9. The van der Waals surface area contributed by atoms with Gasteiger partial charge in [-0.2, -0.15) is 5.26 Å². The summed E-state index contributed by atoms with van der Waals surface area (Å²) in [4.78, 5) is 71.0. The molecule has 14 nitrogen and oxygen atoms in total. The van der Waals surface area contributed by atoms with Gasteiger partial charge in [0.25, 0.3) is 11.8 Å². The molecular formula is C42H47ClN8O6. The van der Waals surface area contributed by atoms with E-state index in [1.165, 1.54) is 0 Å². The van der Waals surface area contributed by atoms with Crippen molar-refractivity contribution in [1.82, 2.24) is 30.2 Å². The lowest BCUT2D eigenvalue weighted by atomic mass is 9.76. The van der Waals surface area contributed by atoms with Crippen molar-refractivity contribution < 1.29 is 29.1 Å². The first-order chi connectivity index (χ1) is 27.4. The molecule has 5 atom stereocenters. The van der Waals surface area contributed by atoms with Crippen LogP contribution in [0.4, 0.5) is 5.69 Å². The van der Waals surface area contributed by atoms with Crippen molar-refractivity contribution in [2.24, 2.45) is 11.3 Å². The Morgan fingerprint density at radius 2 is 1.79 bits per heavy atom. The van der Waals surface area contributed by atoms with E-state index in [4.69, 9.17) is 11.6 Å². The SMILES string of the molecule is C[C@H]1CC2(CCN(C(=O)c3ccc(NCCNCC(=O)N4Cc5cc6c(cc5C4)C(O)N(C4CCC(=O)NC4=O)C6=O)cc3)CC2)CN1C1=CC(Cl)C(C#N)C=C1. The number of aliphatic hydroxyl groups excluding tert-OH is 1. The molecule has 298 valence electrons. The number of anilines is 1. The second-order valence-corrected chi connectivity index (χ2v) is 16.7. The smallest absolute Gasteiger partial charge is 0.257 e. The number of alkyl halides is 1. The van der Waals surface area contributed by atoms with Crippen molar-refractivity contribution >= 4 is 46.8 Å². The van der Waals surface area contributed by atoms with Gasteiger partial charge >= 0.3 is 0 Å². The van der Waals surface area contributed by atoms with Crippen LogP contribution in [0.1, 0.15) is 82.7 Å². The van der Waals surface area contributed by atoms with Crippen molar-refractivity contribution in [1.29, 1.82) is 5.26 Å². The second-order valence-electron chi connectivity index (χ2n) is 16.2. The van der Waals surface area contributed by atoms with Crippen LogP contribution in [-0.4, -0.2) is 111 Å². The number of hydrogen-bond acceptors (Lipinski definition) is 10. The topological polar surface area (TPSA) is 178 Å². The molecule has 3 fully saturated rings. The number of nitriles is 1. The maximum absolute atomic E-state index is 13.4. The standard InChI is InChI=1S/C42H47ClN8O6/c1-25-19-42(24-50(25)31-7-4-27(20-44)34(43)18-31)10-14-48(15-11-42)39(55)26-2-5-30(6-3-26)46-13-12-45-21-37(53)49-22-28-16-32-33(17-29(28)23-49)41(57)51(40(32)56)35-8-9-36(52)47-38(35)54/h2-7,16-18,25,27,34-35,40,45-46,56H,8-15,19,21-24H2,1H3,(H,47,52,54)/t25-,27?,34?,35?,40?/m0/s1. The average Bonchev–Trinajstić information content (AvgIpc) is 3.84. The number of nitrogens with zero attached hydrogens (tertiary/aromatic N) is 5. The number of allylic oxidation sites excluding steroid dienone is 3. The fourth-order valence-electron chi connectivity index (χ4n) is 9.37. The molecule has 2 aromatic carbocycles. The maximum atomic E-state index is 13.4. The van der Waals surface area contributed by atoms with E-state index < -0.39 is 30.0 Å². The fraction of sp³-hybridized carbons (Fsp3) is 0.476. The highest BCUT2D eigenvalue weighted by molar-refractivity contribution is 6.22. The molecule has 5 heterocycles. The van der Waals surface area contributed by atoms with Gasteiger partial charge in [0.05, 0.1) is 23.9 Å². The summed E-state index contributed by atoms with van der Waals surface area (Å²) in [5, 5.41) is 28.8. The van der Waals surface area contributed by atoms with Gasteiger partial charge < -0.3 is 30.4 Å². The zero-order valence-corrected chi connectivity index (χ0v) is 32.6. The van der Waals surface area contributed by atoms with Gasteiger partial charge in [0.2, 0.25) is 17.7 Å². The number of halogens is 1. The summed E-state index contributed by atoms with van der Waals surface area (Å²) in [6.07, 6.45) is 7.83. The summed E-state index contributed by atoms with van der Waals surface area (Å²) in [5.41, 5.74) is 5.15. The summed E-state index contributed by atoms with van der Waals surface area (Å²) in [7, 11) is 0. The van der Waals surface area contributed by atoms with E-state index in [0.29, 0.717) is 62.0 Å². The van der Waals surface area contributed by atoms with Gasteiger partial charge in [-0.25, -0.2) is 0 Å². The summed E-state index contributed by atoms with van der Waals surface area (Å²) >= 11 is 6.46. The minimum Gasteiger partial charge on any atom is -0.384 e. The van der Waals surface area contributed by atoms with Crippen molar-refractivity contribution in [3.8, 4) is 6.07 Å². The van der Waals surface area contributed by atoms with Crippen molar-refractivity contribution in [2.75, 3.05) is 44.6 Å². The molecule has 8 rings (SSSR count). The molecule has 0 aromatic heterocycles. The number of aliphatic hydroxyl groups is 1. The number of hydrogen-bond donors (Lipinski definition) is 4. The Morgan fingerprint density at radius 1 is 1.05 bits per heavy atom. The van der Waals surface area contributed by atoms with Gasteiger partial charge in [-0.05, 0) is 97.7 Å². The first kappa shape index (κ1) is 38.6. The van der Waals surface area contributed by atoms with E-state index >= 15 is 0 Å². The summed E-state index contributed by atoms with van der Waals surface area (Å²) in [5.74, 6) is -1.80. The van der Waals surface area contributed by atoms with Crippen LogP contribution in [0, 0.1) is 22.7 Å². The highest BCUT2D eigenvalue weighted by Gasteiger charge is 2.47. The Labute approximate surface area is 336 Å². The fourth-order valence-corrected chi connectivity index (χ4v) is 9.64. The Kier molecular flexibility index (Phi) is 10.6. The monoisotopic (exact) mass is 794 g/mol. The number of rotatable bonds is 9. The lowest BCUT2D eigenvalue weighted by Crippen LogP contribution is -2.53. The third kappa shape index (κ3) is 7.51. The van der Waals surface area contributed by atoms with Crippen LogP contribution in [-0.2, 0) is 27.5 Å². The zero-order valence-electron chi connectivity index (χ0n) is 31.9. The molecule has 2 aromatic rings. The minimum absolute atomic E-state index is 0.0376. The Morgan fingerprint density at radius 3 is 2.49 bits per heavy atom. The molecule has 4 unspecified atom stereocenters. The molecule has 1 spiro atoms. The molecule has 4 N–H and O–H groups in total. The van der Waals surface area contributed by atoms with Gasteiger partial charge in [0.1, 0.15) is 6.04 Å². The van der Waals surface area contributed by atoms with E-state index in [1.54, 1.807) is 17.0 Å². The Balaban J connectivity index is 0.754. The van der Waals surface area contributed by atoms with Crippen molar-refractivity contribution in [3.05, 3.63) is 88.1 Å². The second kappa shape index (κ2) is 15.6. The molecule has 5 aliphatic heterocycles. The average molecular weight is 795 g/mol. The molecule has 1 aliphatic carbocycles. The van der Waals surface area contributed by atoms with Gasteiger partial charge in [-0.15, -0.1) is 11.6 Å². The van der Waals surface area contributed by atoms with Crippen LogP contribution in [0.25, 0.3) is 0 Å². The number of carbonyl (C=O) groups is 5. The quantitative estimate of drug-likeness (QED) is 0.168. The number of likely N-dealkylation sites (tertiary alicyclic amines) is 2. The number of fused-ring (bicyclic) bond motifs is 2. The number of amides is 5. The molecule has 15 heteroatoms. The minimum atomic E-state index is -1.31. The van der Waals surface area contributed by atoms with Crippen LogP contribution in [0.2, 0.25) is 0 Å². The van der Waals surface area contributed by atoms with Gasteiger partial charge in [-0.1, -0.05) is 6.08 Å². The van der Waals surface area contributed by atoms with Crippen LogP contribution >= 0.6 is 11.6 Å². The molecule has 0 radical (unpaired) electrons. The van der Waals surface area contributed by atoms with E-state index in [1.807, 2.05) is 47.4 Å². The van der Waals surface area contributed by atoms with E-state index in [2.05, 4.69) is 33.8 Å². The Bertz CT molecular complexity index is 2090. The molecule has 0 bridgehead atoms. The predicted molar refractivity (Wildman–Crippen MR) is 210 cm³/mol. The maximum Gasteiger partial charge on any atom is 0.257 e. The Hall–Kier alpha value is -5.23.